The van der Waals surface area contributed by atoms with E-state index in [1.807, 2.05) is 30.3 Å². The molecule has 0 saturated carbocycles. The molecule has 1 atom stereocenters. The van der Waals surface area contributed by atoms with Crippen LogP contribution < -0.4 is 0 Å². The third kappa shape index (κ3) is 3.51. The van der Waals surface area contributed by atoms with Gasteiger partial charge in [0.25, 0.3) is 0 Å². The predicted molar refractivity (Wildman–Crippen MR) is 74.3 cm³/mol. The Labute approximate surface area is 114 Å². The van der Waals surface area contributed by atoms with E-state index in [0.717, 1.165) is 5.56 Å². The van der Waals surface area contributed by atoms with Crippen LogP contribution in [0.15, 0.2) is 59.5 Å². The van der Waals surface area contributed by atoms with Crippen LogP contribution in [0.2, 0.25) is 0 Å². The molecule has 0 N–H and O–H groups in total. The zero-order chi connectivity index (χ0) is 13.7. The zero-order valence-electron chi connectivity index (χ0n) is 10.5. The smallest absolute Gasteiger partial charge is 0.337 e. The number of rotatable bonds is 4. The van der Waals surface area contributed by atoms with Crippen molar-refractivity contribution in [3.63, 3.8) is 0 Å². The van der Waals surface area contributed by atoms with Crippen LogP contribution in [0.25, 0.3) is 0 Å². The topological polar surface area (TPSA) is 43.4 Å². The van der Waals surface area contributed by atoms with E-state index < -0.39 is 10.8 Å². The molecule has 0 bridgehead atoms. The van der Waals surface area contributed by atoms with E-state index in [0.29, 0.717) is 16.2 Å². The Hall–Kier alpha value is -1.94. The maximum absolute atomic E-state index is 12.2. The Morgan fingerprint density at radius 1 is 1.05 bits per heavy atom. The van der Waals surface area contributed by atoms with Gasteiger partial charge in [0.05, 0.1) is 29.2 Å². The van der Waals surface area contributed by atoms with Crippen LogP contribution in [0, 0.1) is 0 Å². The van der Waals surface area contributed by atoms with Gasteiger partial charge in [-0.3, -0.25) is 4.21 Å². The van der Waals surface area contributed by atoms with Gasteiger partial charge in [0.15, 0.2) is 0 Å². The normalized spacial score (nSPS) is 11.8. The molecule has 0 aromatic heterocycles. The van der Waals surface area contributed by atoms with Gasteiger partial charge >= 0.3 is 5.97 Å². The van der Waals surface area contributed by atoms with Crippen LogP contribution in [0.4, 0.5) is 0 Å². The standard InChI is InChI=1S/C15H14O3S/c1-18-15(16)13-7-9-14(10-8-13)19(17)11-12-5-3-2-4-6-12/h2-10H,11H2,1H3. The van der Waals surface area contributed by atoms with Gasteiger partial charge in [0.1, 0.15) is 0 Å². The fourth-order valence-electron chi connectivity index (χ4n) is 1.67. The van der Waals surface area contributed by atoms with Crippen molar-refractivity contribution >= 4 is 16.8 Å². The molecule has 0 aliphatic heterocycles. The van der Waals surface area contributed by atoms with Crippen molar-refractivity contribution < 1.29 is 13.7 Å². The molecule has 2 aromatic rings. The first-order chi connectivity index (χ1) is 9.20. The van der Waals surface area contributed by atoms with Crippen molar-refractivity contribution in [3.8, 4) is 0 Å². The minimum Gasteiger partial charge on any atom is -0.465 e. The molecular formula is C15H14O3S. The molecule has 0 aliphatic rings. The minimum absolute atomic E-state index is 0.389. The number of benzene rings is 2. The molecule has 0 saturated heterocycles. The van der Waals surface area contributed by atoms with Gasteiger partial charge in [-0.05, 0) is 29.8 Å². The van der Waals surface area contributed by atoms with E-state index in [1.54, 1.807) is 24.3 Å². The molecule has 0 amide bonds. The molecule has 0 spiro atoms. The van der Waals surface area contributed by atoms with Crippen LogP contribution in [0.3, 0.4) is 0 Å². The molecular weight excluding hydrogens is 260 g/mol. The summed E-state index contributed by atoms with van der Waals surface area (Å²) in [7, 11) is 0.227. The molecule has 0 fully saturated rings. The number of carbonyl (C=O) groups is 1. The Morgan fingerprint density at radius 3 is 2.26 bits per heavy atom. The number of carbonyl (C=O) groups excluding carboxylic acids is 1. The van der Waals surface area contributed by atoms with Crippen LogP contribution in [-0.4, -0.2) is 17.3 Å². The summed E-state index contributed by atoms with van der Waals surface area (Å²) in [5.41, 5.74) is 1.49. The Morgan fingerprint density at radius 2 is 1.68 bits per heavy atom. The summed E-state index contributed by atoms with van der Waals surface area (Å²) in [6.07, 6.45) is 0. The Balaban J connectivity index is 2.10. The number of methoxy groups -OCH3 is 1. The first-order valence-corrected chi connectivity index (χ1v) is 7.13. The summed E-state index contributed by atoms with van der Waals surface area (Å²) < 4.78 is 16.8. The summed E-state index contributed by atoms with van der Waals surface area (Å²) in [6.45, 7) is 0. The van der Waals surface area contributed by atoms with Crippen LogP contribution in [0.5, 0.6) is 0 Å². The lowest BCUT2D eigenvalue weighted by atomic mass is 10.2. The van der Waals surface area contributed by atoms with E-state index in [9.17, 15) is 9.00 Å². The van der Waals surface area contributed by atoms with Crippen molar-refractivity contribution in [1.82, 2.24) is 0 Å². The molecule has 3 nitrogen and oxygen atoms in total. The summed E-state index contributed by atoms with van der Waals surface area (Å²) in [5, 5.41) is 0. The second-order valence-electron chi connectivity index (χ2n) is 3.99. The average molecular weight is 274 g/mol. The van der Waals surface area contributed by atoms with E-state index in [1.165, 1.54) is 7.11 Å². The van der Waals surface area contributed by atoms with Gasteiger partial charge in [-0.1, -0.05) is 30.3 Å². The zero-order valence-corrected chi connectivity index (χ0v) is 11.4. The number of ether oxygens (including phenoxy) is 1. The SMILES string of the molecule is COC(=O)c1ccc(S(=O)Cc2ccccc2)cc1. The Bertz CT molecular complexity index is 576. The summed E-state index contributed by atoms with van der Waals surface area (Å²) >= 11 is 0. The minimum atomic E-state index is -1.11. The lowest BCUT2D eigenvalue weighted by Gasteiger charge is -2.04. The van der Waals surface area contributed by atoms with Crippen molar-refractivity contribution in [3.05, 3.63) is 65.7 Å². The highest BCUT2D eigenvalue weighted by atomic mass is 32.2. The largest absolute Gasteiger partial charge is 0.465 e. The maximum Gasteiger partial charge on any atom is 0.337 e. The van der Waals surface area contributed by atoms with Gasteiger partial charge in [-0.25, -0.2) is 4.79 Å². The van der Waals surface area contributed by atoms with E-state index >= 15 is 0 Å². The summed E-state index contributed by atoms with van der Waals surface area (Å²) in [6, 6.07) is 16.3. The third-order valence-electron chi connectivity index (χ3n) is 2.68. The summed E-state index contributed by atoms with van der Waals surface area (Å²) in [5.74, 6) is 0.0821. The van der Waals surface area contributed by atoms with Gasteiger partial charge in [0, 0.05) is 4.90 Å². The molecule has 98 valence electrons. The predicted octanol–water partition coefficient (Wildman–Crippen LogP) is 2.78. The molecule has 0 aliphatic carbocycles. The van der Waals surface area contributed by atoms with Crippen molar-refractivity contribution in [2.24, 2.45) is 0 Å². The van der Waals surface area contributed by atoms with Crippen LogP contribution >= 0.6 is 0 Å². The first-order valence-electron chi connectivity index (χ1n) is 5.81. The lowest BCUT2D eigenvalue weighted by molar-refractivity contribution is 0.0600. The van der Waals surface area contributed by atoms with E-state index in [4.69, 9.17) is 0 Å². The number of esters is 1. The first kappa shape index (κ1) is 13.5. The summed E-state index contributed by atoms with van der Waals surface area (Å²) in [4.78, 5) is 12.0. The molecule has 2 aromatic carbocycles. The van der Waals surface area contributed by atoms with Gasteiger partial charge in [-0.2, -0.15) is 0 Å². The second kappa shape index (κ2) is 6.29. The maximum atomic E-state index is 12.2. The highest BCUT2D eigenvalue weighted by molar-refractivity contribution is 7.84. The highest BCUT2D eigenvalue weighted by Gasteiger charge is 2.08. The van der Waals surface area contributed by atoms with E-state index in [2.05, 4.69) is 4.74 Å². The molecule has 0 heterocycles. The van der Waals surface area contributed by atoms with Gasteiger partial charge in [-0.15, -0.1) is 0 Å². The second-order valence-corrected chi connectivity index (χ2v) is 5.44. The van der Waals surface area contributed by atoms with Crippen LogP contribution in [-0.2, 0) is 21.3 Å². The van der Waals surface area contributed by atoms with Crippen molar-refractivity contribution in [2.75, 3.05) is 7.11 Å². The van der Waals surface area contributed by atoms with Gasteiger partial charge < -0.3 is 4.74 Å². The fourth-order valence-corrected chi connectivity index (χ4v) is 2.77. The quantitative estimate of drug-likeness (QED) is 0.805. The highest BCUT2D eigenvalue weighted by Crippen LogP contribution is 2.13. The molecule has 1 unspecified atom stereocenters. The molecule has 4 heteroatoms. The molecule has 2 rings (SSSR count). The van der Waals surface area contributed by atoms with Crippen molar-refractivity contribution in [1.29, 1.82) is 0 Å². The monoisotopic (exact) mass is 274 g/mol. The fraction of sp³-hybridized carbons (Fsp3) is 0.133. The average Bonchev–Trinajstić information content (AvgIpc) is 2.47. The molecule has 19 heavy (non-hydrogen) atoms. The van der Waals surface area contributed by atoms with E-state index in [-0.39, 0.29) is 5.97 Å². The molecule has 0 radical (unpaired) electrons. The lowest BCUT2D eigenvalue weighted by Crippen LogP contribution is -2.02. The number of hydrogen-bond donors (Lipinski definition) is 0. The number of hydrogen-bond acceptors (Lipinski definition) is 3. The Kier molecular flexibility index (Phi) is 4.47. The third-order valence-corrected chi connectivity index (χ3v) is 4.07. The van der Waals surface area contributed by atoms with Gasteiger partial charge in [0.2, 0.25) is 0 Å². The van der Waals surface area contributed by atoms with Crippen molar-refractivity contribution in [2.45, 2.75) is 10.6 Å². The van der Waals surface area contributed by atoms with Crippen LogP contribution in [0.1, 0.15) is 15.9 Å².